The molecule has 0 bridgehead atoms. The van der Waals surface area contributed by atoms with Crippen molar-refractivity contribution in [3.05, 3.63) is 93.4 Å². The fraction of sp³-hybridized carbons (Fsp3) is 0.355. The number of aryl methyl sites for hydroxylation is 1. The molecule has 3 aromatic rings. The summed E-state index contributed by atoms with van der Waals surface area (Å²) in [7, 11) is -4.15. The van der Waals surface area contributed by atoms with Crippen LogP contribution < -0.4 is 9.62 Å². The third-order valence-corrected chi connectivity index (χ3v) is 9.97. The lowest BCUT2D eigenvalue weighted by Gasteiger charge is -2.33. The average molecular weight is 661 g/mol. The molecule has 1 N–H and O–H groups in total. The number of carbonyl (C=O) groups excluding carboxylic acids is 2. The number of rotatable bonds is 10. The lowest BCUT2D eigenvalue weighted by molar-refractivity contribution is -0.139. The Hall–Kier alpha value is -2.88. The van der Waals surface area contributed by atoms with Crippen LogP contribution in [0.25, 0.3) is 0 Å². The first-order valence-corrected chi connectivity index (χ1v) is 16.4. The molecule has 4 rings (SSSR count). The van der Waals surface area contributed by atoms with Crippen LogP contribution >= 0.6 is 27.5 Å². The second kappa shape index (κ2) is 13.9. The number of hydrogen-bond donors (Lipinski definition) is 1. The highest BCUT2D eigenvalue weighted by atomic mass is 79.9. The van der Waals surface area contributed by atoms with Crippen molar-refractivity contribution in [2.24, 2.45) is 0 Å². The molecular weight excluding hydrogens is 626 g/mol. The predicted octanol–water partition coefficient (Wildman–Crippen LogP) is 6.47. The summed E-state index contributed by atoms with van der Waals surface area (Å²) >= 11 is 9.72. The van der Waals surface area contributed by atoms with E-state index in [2.05, 4.69) is 21.2 Å². The highest BCUT2D eigenvalue weighted by Crippen LogP contribution is 2.30. The minimum Gasteiger partial charge on any atom is -0.352 e. The minimum absolute atomic E-state index is 0.0507. The van der Waals surface area contributed by atoms with E-state index in [1.807, 2.05) is 24.3 Å². The summed E-state index contributed by atoms with van der Waals surface area (Å²) in [6.07, 6.45) is 5.11. The van der Waals surface area contributed by atoms with Gasteiger partial charge in [0.2, 0.25) is 11.8 Å². The molecule has 0 spiro atoms. The van der Waals surface area contributed by atoms with Crippen molar-refractivity contribution >= 4 is 55.1 Å². The smallest absolute Gasteiger partial charge is 0.264 e. The first kappa shape index (κ1) is 31.1. The van der Waals surface area contributed by atoms with Gasteiger partial charge in [-0.05, 0) is 74.2 Å². The van der Waals surface area contributed by atoms with E-state index in [1.165, 1.54) is 17.0 Å². The first-order valence-electron chi connectivity index (χ1n) is 13.7. The molecular formula is C31H35BrClN3O4S. The molecule has 0 aliphatic heterocycles. The van der Waals surface area contributed by atoms with Crippen LogP contribution in [-0.4, -0.2) is 43.8 Å². The van der Waals surface area contributed by atoms with Gasteiger partial charge in [0.15, 0.2) is 0 Å². The summed E-state index contributed by atoms with van der Waals surface area (Å²) in [5.74, 6) is -0.753. The molecule has 3 aromatic carbocycles. The molecule has 1 aliphatic rings. The number of anilines is 1. The Bertz CT molecular complexity index is 1460. The first-order chi connectivity index (χ1) is 19.6. The van der Waals surface area contributed by atoms with Gasteiger partial charge in [0.1, 0.15) is 12.6 Å². The maximum Gasteiger partial charge on any atom is 0.264 e. The van der Waals surface area contributed by atoms with Crippen molar-refractivity contribution < 1.29 is 18.0 Å². The van der Waals surface area contributed by atoms with Crippen molar-refractivity contribution in [2.45, 2.75) is 69.5 Å². The molecule has 1 saturated carbocycles. The maximum absolute atomic E-state index is 14.1. The molecule has 7 nitrogen and oxygen atoms in total. The van der Waals surface area contributed by atoms with Gasteiger partial charge in [0, 0.05) is 22.1 Å². The minimum atomic E-state index is -4.15. The molecule has 0 saturated heterocycles. The molecule has 0 aromatic heterocycles. The zero-order valence-electron chi connectivity index (χ0n) is 23.2. The van der Waals surface area contributed by atoms with Crippen LogP contribution in [0.1, 0.15) is 50.2 Å². The van der Waals surface area contributed by atoms with Gasteiger partial charge in [0.05, 0.1) is 10.6 Å². The monoisotopic (exact) mass is 659 g/mol. The van der Waals surface area contributed by atoms with E-state index in [0.717, 1.165) is 46.4 Å². The standard InChI is InChI=1S/C31H35BrClN3O4S/c1-22-13-18-26(33)19-29(22)36(41(39,40)28-11-7-4-8-12-28)21-30(37)35(20-24-14-16-25(32)17-15-24)23(2)31(38)34-27-9-5-3-6-10-27/h4,7-8,11-19,23,27H,3,5-6,9-10,20-21H2,1-2H3,(H,34,38)/t23-/m0/s1. The number of sulfonamides is 1. The summed E-state index contributed by atoms with van der Waals surface area (Å²) in [5.41, 5.74) is 1.76. The second-order valence-electron chi connectivity index (χ2n) is 10.4. The molecule has 41 heavy (non-hydrogen) atoms. The van der Waals surface area contributed by atoms with E-state index in [1.54, 1.807) is 50.2 Å². The fourth-order valence-corrected chi connectivity index (χ4v) is 6.94. The largest absolute Gasteiger partial charge is 0.352 e. The molecule has 0 radical (unpaired) electrons. The number of halogens is 2. The van der Waals surface area contributed by atoms with Crippen LogP contribution in [0.4, 0.5) is 5.69 Å². The summed E-state index contributed by atoms with van der Waals surface area (Å²) in [6, 6.07) is 19.6. The van der Waals surface area contributed by atoms with E-state index in [0.29, 0.717) is 16.3 Å². The molecule has 0 unspecified atom stereocenters. The highest BCUT2D eigenvalue weighted by Gasteiger charge is 2.33. The third kappa shape index (κ3) is 7.90. The Morgan fingerprint density at radius 3 is 2.32 bits per heavy atom. The maximum atomic E-state index is 14.1. The van der Waals surface area contributed by atoms with Gasteiger partial charge in [-0.25, -0.2) is 8.42 Å². The van der Waals surface area contributed by atoms with Crippen LogP contribution in [0.15, 0.2) is 82.2 Å². The zero-order chi connectivity index (χ0) is 29.6. The van der Waals surface area contributed by atoms with Crippen LogP contribution in [0, 0.1) is 6.92 Å². The Morgan fingerprint density at radius 1 is 1.00 bits per heavy atom. The third-order valence-electron chi connectivity index (χ3n) is 7.43. The topological polar surface area (TPSA) is 86.8 Å². The zero-order valence-corrected chi connectivity index (χ0v) is 26.4. The summed E-state index contributed by atoms with van der Waals surface area (Å²) in [4.78, 5) is 29.0. The number of amides is 2. The Balaban J connectivity index is 1.69. The number of carbonyl (C=O) groups is 2. The number of hydrogen-bond acceptors (Lipinski definition) is 4. The molecule has 2 amide bonds. The van der Waals surface area contributed by atoms with Crippen molar-refractivity contribution in [1.82, 2.24) is 10.2 Å². The molecule has 1 fully saturated rings. The molecule has 1 aliphatic carbocycles. The Kier molecular flexibility index (Phi) is 10.5. The van der Waals surface area contributed by atoms with Crippen LogP contribution in [0.5, 0.6) is 0 Å². The van der Waals surface area contributed by atoms with E-state index in [9.17, 15) is 18.0 Å². The summed E-state index contributed by atoms with van der Waals surface area (Å²) < 4.78 is 29.9. The molecule has 0 heterocycles. The van der Waals surface area contributed by atoms with Crippen LogP contribution in [-0.2, 0) is 26.2 Å². The van der Waals surface area contributed by atoms with E-state index in [4.69, 9.17) is 11.6 Å². The lowest BCUT2D eigenvalue weighted by atomic mass is 9.95. The van der Waals surface area contributed by atoms with Crippen molar-refractivity contribution in [1.29, 1.82) is 0 Å². The molecule has 10 heteroatoms. The number of benzene rings is 3. The predicted molar refractivity (Wildman–Crippen MR) is 166 cm³/mol. The summed E-state index contributed by atoms with van der Waals surface area (Å²) in [5, 5.41) is 3.46. The Labute approximate surface area is 256 Å². The normalized spacial score (nSPS) is 14.7. The molecule has 1 atom stereocenters. The van der Waals surface area contributed by atoms with Gasteiger partial charge in [0.25, 0.3) is 10.0 Å². The van der Waals surface area contributed by atoms with E-state index in [-0.39, 0.29) is 23.4 Å². The highest BCUT2D eigenvalue weighted by molar-refractivity contribution is 9.10. The number of nitrogens with zero attached hydrogens (tertiary/aromatic N) is 2. The Morgan fingerprint density at radius 2 is 1.66 bits per heavy atom. The quantitative estimate of drug-likeness (QED) is 0.270. The van der Waals surface area contributed by atoms with Gasteiger partial charge in [-0.1, -0.05) is 83.2 Å². The number of nitrogens with one attached hydrogen (secondary N) is 1. The van der Waals surface area contributed by atoms with Gasteiger partial charge in [-0.2, -0.15) is 0 Å². The van der Waals surface area contributed by atoms with E-state index < -0.39 is 28.5 Å². The summed E-state index contributed by atoms with van der Waals surface area (Å²) in [6.45, 7) is 3.09. The average Bonchev–Trinajstić information content (AvgIpc) is 2.97. The van der Waals surface area contributed by atoms with Gasteiger partial charge in [-0.3, -0.25) is 13.9 Å². The van der Waals surface area contributed by atoms with Gasteiger partial charge >= 0.3 is 0 Å². The van der Waals surface area contributed by atoms with Crippen molar-refractivity contribution in [2.75, 3.05) is 10.8 Å². The van der Waals surface area contributed by atoms with Crippen molar-refractivity contribution in [3.8, 4) is 0 Å². The lowest BCUT2D eigenvalue weighted by Crippen LogP contribution is -2.53. The van der Waals surface area contributed by atoms with Gasteiger partial charge in [-0.15, -0.1) is 0 Å². The van der Waals surface area contributed by atoms with Gasteiger partial charge < -0.3 is 10.2 Å². The van der Waals surface area contributed by atoms with Crippen LogP contribution in [0.3, 0.4) is 0 Å². The van der Waals surface area contributed by atoms with Crippen molar-refractivity contribution in [3.63, 3.8) is 0 Å². The SMILES string of the molecule is Cc1ccc(Cl)cc1N(CC(=O)N(Cc1ccc(Br)cc1)[C@@H](C)C(=O)NC1CCCCC1)S(=O)(=O)c1ccccc1. The van der Waals surface area contributed by atoms with E-state index >= 15 is 0 Å². The van der Waals surface area contributed by atoms with Crippen LogP contribution in [0.2, 0.25) is 5.02 Å². The second-order valence-corrected chi connectivity index (χ2v) is 13.6. The fourth-order valence-electron chi connectivity index (χ4n) is 5.02. The molecule has 218 valence electrons.